The van der Waals surface area contributed by atoms with E-state index in [1.54, 1.807) is 7.05 Å². The zero-order valence-corrected chi connectivity index (χ0v) is 16.2. The number of halogens is 1. The van der Waals surface area contributed by atoms with Crippen molar-refractivity contribution in [3.8, 4) is 0 Å². The van der Waals surface area contributed by atoms with E-state index in [9.17, 15) is 9.59 Å². The number of aromatic amines is 1. The second kappa shape index (κ2) is 7.45. The maximum atomic E-state index is 12.3. The third-order valence-corrected chi connectivity index (χ3v) is 5.19. The predicted molar refractivity (Wildman–Crippen MR) is 103 cm³/mol. The highest BCUT2D eigenvalue weighted by Crippen LogP contribution is 2.17. The molecule has 0 bridgehead atoms. The Morgan fingerprint density at radius 2 is 2.20 bits per heavy atom. The van der Waals surface area contributed by atoms with Gasteiger partial charge in [-0.3, -0.25) is 14.2 Å². The van der Waals surface area contributed by atoms with E-state index >= 15 is 0 Å². The topological polar surface area (TPSA) is 79.8 Å². The van der Waals surface area contributed by atoms with Crippen molar-refractivity contribution in [3.05, 3.63) is 56.4 Å². The summed E-state index contributed by atoms with van der Waals surface area (Å²) in [5, 5.41) is 3.39. The molecule has 0 aliphatic carbocycles. The van der Waals surface area contributed by atoms with Gasteiger partial charge in [-0.25, -0.2) is 4.98 Å². The smallest absolute Gasteiger partial charge is 0.278 e. The lowest BCUT2D eigenvalue weighted by Gasteiger charge is -2.08. The van der Waals surface area contributed by atoms with Gasteiger partial charge in [0.15, 0.2) is 5.16 Å². The van der Waals surface area contributed by atoms with Crippen molar-refractivity contribution in [2.24, 2.45) is 7.05 Å². The summed E-state index contributed by atoms with van der Waals surface area (Å²) in [6, 6.07) is 9.60. The molecule has 6 nitrogen and oxygen atoms in total. The summed E-state index contributed by atoms with van der Waals surface area (Å²) in [5.41, 5.74) is 2.87. The number of aromatic nitrogens is 3. The summed E-state index contributed by atoms with van der Waals surface area (Å²) in [6.45, 7) is 2.34. The van der Waals surface area contributed by atoms with Crippen molar-refractivity contribution in [1.29, 1.82) is 0 Å². The van der Waals surface area contributed by atoms with Crippen LogP contribution in [-0.2, 0) is 18.4 Å². The van der Waals surface area contributed by atoms with E-state index in [0.29, 0.717) is 22.7 Å². The molecule has 2 N–H and O–H groups in total. The number of nitrogens with zero attached hydrogens (tertiary/aromatic N) is 2. The zero-order chi connectivity index (χ0) is 18.0. The number of rotatable bonds is 5. The van der Waals surface area contributed by atoms with E-state index in [1.807, 2.05) is 37.3 Å². The normalized spacial score (nSPS) is 11.0. The zero-order valence-electron chi connectivity index (χ0n) is 13.8. The van der Waals surface area contributed by atoms with Gasteiger partial charge < -0.3 is 10.3 Å². The van der Waals surface area contributed by atoms with Gasteiger partial charge in [-0.15, -0.1) is 0 Å². The third kappa shape index (κ3) is 4.13. The van der Waals surface area contributed by atoms with Crippen LogP contribution in [0.5, 0.6) is 0 Å². The summed E-state index contributed by atoms with van der Waals surface area (Å²) in [4.78, 5) is 31.9. The minimum atomic E-state index is -0.143. The molecular weight excluding hydrogens is 404 g/mol. The van der Waals surface area contributed by atoms with Gasteiger partial charge in [-0.1, -0.05) is 39.8 Å². The van der Waals surface area contributed by atoms with Crippen LogP contribution in [0, 0.1) is 6.92 Å². The summed E-state index contributed by atoms with van der Waals surface area (Å²) in [7, 11) is 1.66. The SMILES string of the molecule is Cc1cc2nc(SCC(=O)NCc3cccc(Br)c3)n(C)c(=O)c2[nH]1. The molecule has 1 amide bonds. The summed E-state index contributed by atoms with van der Waals surface area (Å²) in [5.74, 6) is 0.0907. The lowest BCUT2D eigenvalue weighted by Crippen LogP contribution is -2.25. The van der Waals surface area contributed by atoms with Crippen molar-refractivity contribution in [1.82, 2.24) is 19.9 Å². The molecule has 0 saturated heterocycles. The van der Waals surface area contributed by atoms with Crippen LogP contribution < -0.4 is 10.9 Å². The quantitative estimate of drug-likeness (QED) is 0.491. The first-order chi connectivity index (χ1) is 11.9. The first-order valence-electron chi connectivity index (χ1n) is 7.64. The molecule has 3 aromatic rings. The first-order valence-corrected chi connectivity index (χ1v) is 9.42. The highest BCUT2D eigenvalue weighted by molar-refractivity contribution is 9.10. The lowest BCUT2D eigenvalue weighted by atomic mass is 10.2. The van der Waals surface area contributed by atoms with Gasteiger partial charge in [0.1, 0.15) is 5.52 Å². The van der Waals surface area contributed by atoms with Crippen LogP contribution in [0.15, 0.2) is 44.8 Å². The number of nitrogens with one attached hydrogen (secondary N) is 2. The second-order valence-electron chi connectivity index (χ2n) is 5.67. The van der Waals surface area contributed by atoms with Crippen LogP contribution >= 0.6 is 27.7 Å². The van der Waals surface area contributed by atoms with Gasteiger partial charge in [0, 0.05) is 23.8 Å². The minimum absolute atomic E-state index is 0.107. The fraction of sp³-hybridized carbons (Fsp3) is 0.235. The van der Waals surface area contributed by atoms with Crippen molar-refractivity contribution in [2.75, 3.05) is 5.75 Å². The van der Waals surface area contributed by atoms with Crippen LogP contribution in [0.2, 0.25) is 0 Å². The molecule has 2 aromatic heterocycles. The molecule has 8 heteroatoms. The summed E-state index contributed by atoms with van der Waals surface area (Å²) >= 11 is 4.66. The number of carbonyl (C=O) groups excluding carboxylic acids is 1. The van der Waals surface area contributed by atoms with Gasteiger partial charge >= 0.3 is 0 Å². The number of fused-ring (bicyclic) bond motifs is 1. The Kier molecular flexibility index (Phi) is 5.29. The van der Waals surface area contributed by atoms with Gasteiger partial charge in [-0.2, -0.15) is 0 Å². The average Bonchev–Trinajstić information content (AvgIpc) is 2.95. The van der Waals surface area contributed by atoms with Crippen LogP contribution in [-0.4, -0.2) is 26.2 Å². The van der Waals surface area contributed by atoms with Gasteiger partial charge in [0.25, 0.3) is 5.56 Å². The van der Waals surface area contributed by atoms with E-state index in [4.69, 9.17) is 0 Å². The number of carbonyl (C=O) groups is 1. The molecule has 0 radical (unpaired) electrons. The molecule has 130 valence electrons. The fourth-order valence-electron chi connectivity index (χ4n) is 2.42. The first kappa shape index (κ1) is 17.8. The molecule has 0 aliphatic rings. The number of H-pyrrole nitrogens is 1. The van der Waals surface area contributed by atoms with Gasteiger partial charge in [0.2, 0.25) is 5.91 Å². The molecule has 3 rings (SSSR count). The van der Waals surface area contributed by atoms with Gasteiger partial charge in [0.05, 0.1) is 11.3 Å². The molecule has 0 saturated carbocycles. The Balaban J connectivity index is 1.65. The van der Waals surface area contributed by atoms with E-state index < -0.39 is 0 Å². The van der Waals surface area contributed by atoms with Crippen LogP contribution in [0.4, 0.5) is 0 Å². The molecule has 0 spiro atoms. The monoisotopic (exact) mass is 420 g/mol. The third-order valence-electron chi connectivity index (χ3n) is 3.66. The molecular formula is C17H17BrN4O2S. The number of aryl methyl sites for hydroxylation is 1. The fourth-order valence-corrected chi connectivity index (χ4v) is 3.66. The van der Waals surface area contributed by atoms with Crippen LogP contribution in [0.3, 0.4) is 0 Å². The van der Waals surface area contributed by atoms with E-state index in [2.05, 4.69) is 31.2 Å². The molecule has 0 fully saturated rings. The van der Waals surface area contributed by atoms with E-state index in [-0.39, 0.29) is 17.2 Å². The Bertz CT molecular complexity index is 996. The Labute approximate surface area is 157 Å². The van der Waals surface area contributed by atoms with Gasteiger partial charge in [-0.05, 0) is 30.7 Å². The van der Waals surface area contributed by atoms with Crippen LogP contribution in [0.25, 0.3) is 11.0 Å². The molecule has 0 unspecified atom stereocenters. The molecule has 1 aromatic carbocycles. The lowest BCUT2D eigenvalue weighted by molar-refractivity contribution is -0.118. The van der Waals surface area contributed by atoms with Crippen molar-refractivity contribution in [2.45, 2.75) is 18.6 Å². The Morgan fingerprint density at radius 3 is 2.96 bits per heavy atom. The number of thioether (sulfide) groups is 1. The van der Waals surface area contributed by atoms with E-state index in [1.165, 1.54) is 16.3 Å². The highest BCUT2D eigenvalue weighted by Gasteiger charge is 2.12. The van der Waals surface area contributed by atoms with Crippen LogP contribution in [0.1, 0.15) is 11.3 Å². The minimum Gasteiger partial charge on any atom is -0.353 e. The number of hydrogen-bond acceptors (Lipinski definition) is 4. The standard InChI is InChI=1S/C17H17BrN4O2S/c1-10-6-13-15(20-10)16(24)22(2)17(21-13)25-9-14(23)19-8-11-4-3-5-12(18)7-11/h3-7,20H,8-9H2,1-2H3,(H,19,23). The summed E-state index contributed by atoms with van der Waals surface area (Å²) < 4.78 is 2.44. The summed E-state index contributed by atoms with van der Waals surface area (Å²) in [6.07, 6.45) is 0. The van der Waals surface area contributed by atoms with E-state index in [0.717, 1.165) is 15.7 Å². The highest BCUT2D eigenvalue weighted by atomic mass is 79.9. The second-order valence-corrected chi connectivity index (χ2v) is 7.52. The maximum absolute atomic E-state index is 12.3. The van der Waals surface area contributed by atoms with Crippen molar-refractivity contribution in [3.63, 3.8) is 0 Å². The number of benzene rings is 1. The number of amides is 1. The molecule has 0 aliphatic heterocycles. The van der Waals surface area contributed by atoms with Crippen molar-refractivity contribution >= 4 is 44.6 Å². The van der Waals surface area contributed by atoms with Crippen molar-refractivity contribution < 1.29 is 4.79 Å². The maximum Gasteiger partial charge on any atom is 0.278 e. The Morgan fingerprint density at radius 1 is 1.40 bits per heavy atom. The number of hydrogen-bond donors (Lipinski definition) is 2. The predicted octanol–water partition coefficient (Wildman–Crippen LogP) is 2.74. The average molecular weight is 421 g/mol. The Hall–Kier alpha value is -2.06. The molecule has 25 heavy (non-hydrogen) atoms. The molecule has 0 atom stereocenters. The largest absolute Gasteiger partial charge is 0.353 e. The molecule has 2 heterocycles.